The van der Waals surface area contributed by atoms with Gasteiger partial charge in [0.05, 0.1) is 17.2 Å². The van der Waals surface area contributed by atoms with Crippen molar-refractivity contribution in [2.75, 3.05) is 23.3 Å². The third-order valence-corrected chi connectivity index (χ3v) is 4.69. The van der Waals surface area contributed by atoms with Crippen molar-refractivity contribution in [3.8, 4) is 11.3 Å². The van der Waals surface area contributed by atoms with Gasteiger partial charge in [0, 0.05) is 28.9 Å². The average Bonchev–Trinajstić information content (AvgIpc) is 3.07. The van der Waals surface area contributed by atoms with E-state index in [-0.39, 0.29) is 5.91 Å². The van der Waals surface area contributed by atoms with Crippen LogP contribution in [0, 0.1) is 6.92 Å². The third-order valence-electron chi connectivity index (χ3n) is 3.92. The van der Waals surface area contributed by atoms with Gasteiger partial charge in [-0.2, -0.15) is 0 Å². The van der Waals surface area contributed by atoms with Crippen LogP contribution in [-0.2, 0) is 4.79 Å². The first-order chi connectivity index (χ1) is 12.2. The van der Waals surface area contributed by atoms with E-state index >= 15 is 0 Å². The zero-order chi connectivity index (χ0) is 17.6. The van der Waals surface area contributed by atoms with Gasteiger partial charge in [-0.05, 0) is 38.1 Å². The predicted molar refractivity (Wildman–Crippen MR) is 105 cm³/mol. The lowest BCUT2D eigenvalue weighted by molar-refractivity contribution is -0.115. The minimum Gasteiger partial charge on any atom is -0.362 e. The average molecular weight is 351 g/mol. The molecule has 1 N–H and O–H groups in total. The van der Waals surface area contributed by atoms with E-state index in [2.05, 4.69) is 10.3 Å². The Balaban J connectivity index is 1.62. The van der Waals surface area contributed by atoms with Gasteiger partial charge in [-0.1, -0.05) is 30.3 Å². The van der Waals surface area contributed by atoms with Gasteiger partial charge >= 0.3 is 0 Å². The molecule has 0 aliphatic rings. The standard InChI is InChI=1S/C20H21N3OS/c1-3-23(18-7-5-4-6-8-18)13-20(24)22-17-11-9-16(10-12-17)19-14-25-15(2)21-19/h4-12,14H,3,13H2,1-2H3,(H,22,24). The molecule has 5 heteroatoms. The normalized spacial score (nSPS) is 10.5. The fraction of sp³-hybridized carbons (Fsp3) is 0.200. The minimum absolute atomic E-state index is 0.0250. The van der Waals surface area contributed by atoms with Gasteiger partial charge in [0.2, 0.25) is 5.91 Å². The largest absolute Gasteiger partial charge is 0.362 e. The number of nitrogens with zero attached hydrogens (tertiary/aromatic N) is 2. The molecule has 0 saturated carbocycles. The summed E-state index contributed by atoms with van der Waals surface area (Å²) >= 11 is 1.63. The van der Waals surface area contributed by atoms with E-state index in [4.69, 9.17) is 0 Å². The lowest BCUT2D eigenvalue weighted by atomic mass is 10.1. The Labute approximate surface area is 152 Å². The molecule has 0 saturated heterocycles. The van der Waals surface area contributed by atoms with E-state index in [1.807, 2.05) is 78.7 Å². The molecule has 0 unspecified atom stereocenters. The summed E-state index contributed by atoms with van der Waals surface area (Å²) in [5.41, 5.74) is 3.88. The van der Waals surface area contributed by atoms with E-state index < -0.39 is 0 Å². The molecular formula is C20H21N3OS. The van der Waals surface area contributed by atoms with Gasteiger partial charge in [-0.3, -0.25) is 4.79 Å². The fourth-order valence-corrected chi connectivity index (χ4v) is 3.24. The first kappa shape index (κ1) is 17.2. The molecule has 0 aliphatic carbocycles. The third kappa shape index (κ3) is 4.45. The summed E-state index contributed by atoms with van der Waals surface area (Å²) in [4.78, 5) is 18.9. The van der Waals surface area contributed by atoms with Crippen LogP contribution < -0.4 is 10.2 Å². The highest BCUT2D eigenvalue weighted by Gasteiger charge is 2.10. The van der Waals surface area contributed by atoms with Crippen molar-refractivity contribution in [1.82, 2.24) is 4.98 Å². The number of thiazole rings is 1. The van der Waals surface area contributed by atoms with Crippen LogP contribution in [0.15, 0.2) is 60.0 Å². The predicted octanol–water partition coefficient (Wildman–Crippen LogP) is 4.58. The van der Waals surface area contributed by atoms with Crippen molar-refractivity contribution in [3.63, 3.8) is 0 Å². The molecule has 1 heterocycles. The number of hydrogen-bond donors (Lipinski definition) is 1. The Morgan fingerprint density at radius 2 is 1.84 bits per heavy atom. The van der Waals surface area contributed by atoms with Crippen LogP contribution in [0.25, 0.3) is 11.3 Å². The summed E-state index contributed by atoms with van der Waals surface area (Å²) in [6, 6.07) is 17.8. The molecule has 128 valence electrons. The number of aromatic nitrogens is 1. The first-order valence-electron chi connectivity index (χ1n) is 8.28. The van der Waals surface area contributed by atoms with Crippen molar-refractivity contribution in [3.05, 3.63) is 65.0 Å². The van der Waals surface area contributed by atoms with Crippen molar-refractivity contribution in [1.29, 1.82) is 0 Å². The number of anilines is 2. The smallest absolute Gasteiger partial charge is 0.243 e. The maximum absolute atomic E-state index is 12.3. The molecule has 2 aromatic carbocycles. The minimum atomic E-state index is -0.0250. The maximum Gasteiger partial charge on any atom is 0.243 e. The number of hydrogen-bond acceptors (Lipinski definition) is 4. The summed E-state index contributed by atoms with van der Waals surface area (Å²) in [6.45, 7) is 5.15. The molecule has 1 aromatic heterocycles. The molecule has 0 aliphatic heterocycles. The van der Waals surface area contributed by atoms with Gasteiger partial charge < -0.3 is 10.2 Å². The van der Waals surface area contributed by atoms with E-state index in [1.165, 1.54) is 0 Å². The number of carbonyl (C=O) groups excluding carboxylic acids is 1. The molecule has 0 spiro atoms. The molecule has 4 nitrogen and oxygen atoms in total. The SMILES string of the molecule is CCN(CC(=O)Nc1ccc(-c2csc(C)n2)cc1)c1ccccc1. The number of aryl methyl sites for hydroxylation is 1. The van der Waals surface area contributed by atoms with Crippen LogP contribution in [0.3, 0.4) is 0 Å². The Bertz CT molecular complexity index is 828. The summed E-state index contributed by atoms with van der Waals surface area (Å²) in [7, 11) is 0. The number of likely N-dealkylation sites (N-methyl/N-ethyl adjacent to an activating group) is 1. The second kappa shape index (κ2) is 7.94. The zero-order valence-electron chi connectivity index (χ0n) is 14.4. The molecule has 3 aromatic rings. The van der Waals surface area contributed by atoms with Crippen LogP contribution >= 0.6 is 11.3 Å². The second-order valence-corrected chi connectivity index (χ2v) is 6.79. The van der Waals surface area contributed by atoms with Crippen LogP contribution in [0.2, 0.25) is 0 Å². The number of benzene rings is 2. The van der Waals surface area contributed by atoms with Gasteiger partial charge in [-0.25, -0.2) is 4.98 Å². The van der Waals surface area contributed by atoms with E-state index in [0.29, 0.717) is 6.54 Å². The highest BCUT2D eigenvalue weighted by atomic mass is 32.1. The summed E-state index contributed by atoms with van der Waals surface area (Å²) in [5, 5.41) is 6.05. The van der Waals surface area contributed by atoms with Gasteiger partial charge in [-0.15, -0.1) is 11.3 Å². The topological polar surface area (TPSA) is 45.2 Å². The summed E-state index contributed by atoms with van der Waals surface area (Å²) in [6.07, 6.45) is 0. The van der Waals surface area contributed by atoms with E-state index in [9.17, 15) is 4.79 Å². The van der Waals surface area contributed by atoms with E-state index in [0.717, 1.165) is 34.2 Å². The van der Waals surface area contributed by atoms with Crippen LogP contribution in [0.5, 0.6) is 0 Å². The second-order valence-electron chi connectivity index (χ2n) is 5.73. The van der Waals surface area contributed by atoms with Crippen molar-refractivity contribution in [2.24, 2.45) is 0 Å². The molecule has 0 radical (unpaired) electrons. The number of nitrogens with one attached hydrogen (secondary N) is 1. The molecule has 0 bridgehead atoms. The molecule has 0 fully saturated rings. The Morgan fingerprint density at radius 3 is 2.44 bits per heavy atom. The number of amides is 1. The molecule has 25 heavy (non-hydrogen) atoms. The summed E-state index contributed by atoms with van der Waals surface area (Å²) in [5.74, 6) is -0.0250. The number of rotatable bonds is 6. The van der Waals surface area contributed by atoms with Crippen molar-refractivity contribution >= 4 is 28.6 Å². The number of carbonyl (C=O) groups is 1. The summed E-state index contributed by atoms with van der Waals surface area (Å²) < 4.78 is 0. The van der Waals surface area contributed by atoms with E-state index in [1.54, 1.807) is 11.3 Å². The van der Waals surface area contributed by atoms with Crippen LogP contribution in [0.4, 0.5) is 11.4 Å². The zero-order valence-corrected chi connectivity index (χ0v) is 15.2. The quantitative estimate of drug-likeness (QED) is 0.707. The number of para-hydroxylation sites is 1. The lowest BCUT2D eigenvalue weighted by Gasteiger charge is -2.22. The highest BCUT2D eigenvalue weighted by molar-refractivity contribution is 7.09. The Kier molecular flexibility index (Phi) is 5.46. The fourth-order valence-electron chi connectivity index (χ4n) is 2.62. The molecule has 0 atom stereocenters. The molecule has 1 amide bonds. The maximum atomic E-state index is 12.3. The first-order valence-corrected chi connectivity index (χ1v) is 9.16. The Morgan fingerprint density at radius 1 is 1.12 bits per heavy atom. The lowest BCUT2D eigenvalue weighted by Crippen LogP contribution is -2.33. The van der Waals surface area contributed by atoms with Gasteiger partial charge in [0.15, 0.2) is 0 Å². The Hall–Kier alpha value is -2.66. The van der Waals surface area contributed by atoms with Crippen LogP contribution in [0.1, 0.15) is 11.9 Å². The van der Waals surface area contributed by atoms with Crippen molar-refractivity contribution in [2.45, 2.75) is 13.8 Å². The molecular weight excluding hydrogens is 330 g/mol. The van der Waals surface area contributed by atoms with Gasteiger partial charge in [0.25, 0.3) is 0 Å². The molecule has 3 rings (SSSR count). The highest BCUT2D eigenvalue weighted by Crippen LogP contribution is 2.23. The van der Waals surface area contributed by atoms with Gasteiger partial charge in [0.1, 0.15) is 0 Å². The van der Waals surface area contributed by atoms with Crippen LogP contribution in [-0.4, -0.2) is 24.0 Å². The van der Waals surface area contributed by atoms with Crippen molar-refractivity contribution < 1.29 is 4.79 Å². The monoisotopic (exact) mass is 351 g/mol.